The number of aliphatic carboxylic acids is 2. The van der Waals surface area contributed by atoms with Crippen molar-refractivity contribution in [1.29, 1.82) is 0 Å². The Hall–Kier alpha value is -2.19. The molecule has 0 aromatic carbocycles. The highest BCUT2D eigenvalue weighted by Gasteiger charge is 2.61. The first kappa shape index (κ1) is 37.3. The van der Waals surface area contributed by atoms with Gasteiger partial charge in [-0.25, -0.2) is 9.59 Å². The minimum absolute atomic E-state index is 0.692. The van der Waals surface area contributed by atoms with Crippen molar-refractivity contribution in [1.82, 2.24) is 5.32 Å². The maximum Gasteiger partial charge on any atom is 0.364 e. The quantitative estimate of drug-likeness (QED) is 0.0923. The zero-order chi connectivity index (χ0) is 34.0. The molecule has 3 rings (SSSR count). The van der Waals surface area contributed by atoms with Crippen molar-refractivity contribution in [3.63, 3.8) is 0 Å². The molecule has 3 aliphatic rings. The summed E-state index contributed by atoms with van der Waals surface area (Å²) in [6.07, 6.45) is -25.6. The predicted octanol–water partition coefficient (Wildman–Crippen LogP) is -7.74. The molecule has 3 fully saturated rings. The average molecular weight is 662 g/mol. The van der Waals surface area contributed by atoms with Gasteiger partial charge in [-0.05, 0) is 0 Å². The van der Waals surface area contributed by atoms with Crippen LogP contribution in [0.1, 0.15) is 19.8 Å². The summed E-state index contributed by atoms with van der Waals surface area (Å²) in [5.74, 6) is -10.7. The van der Waals surface area contributed by atoms with Gasteiger partial charge >= 0.3 is 11.9 Å². The van der Waals surface area contributed by atoms with Crippen LogP contribution in [-0.4, -0.2) is 190 Å². The fourth-order valence-corrected chi connectivity index (χ4v) is 5.31. The van der Waals surface area contributed by atoms with E-state index in [1.807, 2.05) is 0 Å². The number of carbonyl (C=O) groups excluding carboxylic acids is 1. The highest BCUT2D eigenvalue weighted by atomic mass is 16.8. The lowest BCUT2D eigenvalue weighted by Crippen LogP contribution is -2.68. The normalized spacial score (nSPS) is 43.7. The van der Waals surface area contributed by atoms with Gasteiger partial charge in [-0.15, -0.1) is 0 Å². The van der Waals surface area contributed by atoms with Crippen molar-refractivity contribution in [3.05, 3.63) is 0 Å². The molecule has 260 valence electrons. The van der Waals surface area contributed by atoms with Crippen LogP contribution in [0, 0.1) is 0 Å². The number of hydrogen-bond acceptors (Lipinski definition) is 18. The van der Waals surface area contributed by atoms with Crippen LogP contribution in [0.15, 0.2) is 0 Å². The van der Waals surface area contributed by atoms with E-state index in [2.05, 4.69) is 5.32 Å². The highest BCUT2D eigenvalue weighted by Crippen LogP contribution is 2.40. The largest absolute Gasteiger partial charge is 0.477 e. The lowest BCUT2D eigenvalue weighted by Gasteiger charge is -2.50. The Bertz CT molecular complexity index is 1050. The molecule has 3 heterocycles. The van der Waals surface area contributed by atoms with E-state index in [-0.39, 0.29) is 0 Å². The zero-order valence-electron chi connectivity index (χ0n) is 23.7. The maximum atomic E-state index is 12.6. The van der Waals surface area contributed by atoms with Gasteiger partial charge in [0.2, 0.25) is 5.91 Å². The van der Waals surface area contributed by atoms with E-state index < -0.39 is 142 Å². The number of rotatable bonds is 12. The minimum Gasteiger partial charge on any atom is -0.477 e. The fourth-order valence-electron chi connectivity index (χ4n) is 5.31. The van der Waals surface area contributed by atoms with Gasteiger partial charge in [-0.2, -0.15) is 0 Å². The van der Waals surface area contributed by atoms with Crippen LogP contribution in [0.4, 0.5) is 0 Å². The Morgan fingerprint density at radius 2 is 1.36 bits per heavy atom. The van der Waals surface area contributed by atoms with Gasteiger partial charge in [-0.1, -0.05) is 0 Å². The molecule has 0 aromatic heterocycles. The number of aliphatic hydroxyl groups excluding tert-OH is 10. The van der Waals surface area contributed by atoms with Gasteiger partial charge in [0, 0.05) is 19.8 Å². The zero-order valence-corrected chi connectivity index (χ0v) is 23.7. The molecule has 15 atom stereocenters. The van der Waals surface area contributed by atoms with Gasteiger partial charge in [0.25, 0.3) is 11.6 Å². The minimum atomic E-state index is -3.02. The third-order valence-electron chi connectivity index (χ3n) is 7.75. The van der Waals surface area contributed by atoms with Crippen molar-refractivity contribution in [2.75, 3.05) is 19.8 Å². The van der Waals surface area contributed by atoms with Crippen molar-refractivity contribution in [3.8, 4) is 0 Å². The fraction of sp³-hybridized carbons (Fsp3) is 0.875. The van der Waals surface area contributed by atoms with E-state index in [0.717, 1.165) is 6.92 Å². The van der Waals surface area contributed by atoms with Crippen LogP contribution in [0.5, 0.6) is 0 Å². The Balaban J connectivity index is 1.93. The van der Waals surface area contributed by atoms with Gasteiger partial charge in [-0.3, -0.25) is 4.79 Å². The molecule has 0 saturated carbocycles. The monoisotopic (exact) mass is 661 g/mol. The molecule has 13 N–H and O–H groups in total. The standard InChI is InChI=1S/C24H39NO20/c1-7(28)25-13-17(35)15(33)12(42-20(13)36)6-41-23(21(37)38)3-11(16(34)19(44-23)10(31)5-27)43-24(22(39)40)2-8(29)14(32)18(45-24)9(30)4-26/h8-20,26-27,29-36H,2-6H2,1H3,(H,25,28)(H,37,38)(H,39,40)/t8-,9-,10-,11-,12-,13-,14-,15-,16-,17-,18-,19-,20?,23-,24-/m1/s1. The first-order valence-corrected chi connectivity index (χ1v) is 13.7. The Morgan fingerprint density at radius 3 is 1.87 bits per heavy atom. The van der Waals surface area contributed by atoms with Gasteiger partial charge in [0.1, 0.15) is 61.0 Å². The molecular formula is C24H39NO20. The number of nitrogens with one attached hydrogen (secondary N) is 1. The van der Waals surface area contributed by atoms with Gasteiger partial charge < -0.3 is 90.3 Å². The summed E-state index contributed by atoms with van der Waals surface area (Å²) in [7, 11) is 0. The second kappa shape index (κ2) is 14.7. The average Bonchev–Trinajstić information content (AvgIpc) is 2.98. The SMILES string of the molecule is CC(=O)N[C@H]1C(O)O[C@H](CO[C@]2(C(=O)O)C[C@@H](O[C@]3(C(=O)O)C[C@@H](O)[C@@H](O)[C@@H]([C@H](O)CO)O3)[C@@H](O)[C@@H]([C@H](O)CO)O2)[C@@H](O)[C@@H]1O. The molecule has 45 heavy (non-hydrogen) atoms. The van der Waals surface area contributed by atoms with Crippen LogP contribution in [-0.2, 0) is 38.1 Å². The summed E-state index contributed by atoms with van der Waals surface area (Å²) < 4.78 is 26.7. The third-order valence-corrected chi connectivity index (χ3v) is 7.75. The molecule has 3 saturated heterocycles. The van der Waals surface area contributed by atoms with E-state index in [1.54, 1.807) is 0 Å². The van der Waals surface area contributed by atoms with E-state index in [0.29, 0.717) is 0 Å². The number of aliphatic hydroxyl groups is 10. The van der Waals surface area contributed by atoms with Crippen LogP contribution >= 0.6 is 0 Å². The van der Waals surface area contributed by atoms with E-state index >= 15 is 0 Å². The first-order valence-electron chi connectivity index (χ1n) is 13.7. The number of carboxylic acid groups (broad SMARTS) is 2. The van der Waals surface area contributed by atoms with Crippen molar-refractivity contribution in [2.45, 2.75) is 111 Å². The number of hydrogen-bond donors (Lipinski definition) is 13. The molecule has 1 unspecified atom stereocenters. The van der Waals surface area contributed by atoms with Crippen LogP contribution < -0.4 is 5.32 Å². The lowest BCUT2D eigenvalue weighted by molar-refractivity contribution is -0.377. The summed E-state index contributed by atoms with van der Waals surface area (Å²) in [5.41, 5.74) is 0. The number of carbonyl (C=O) groups is 3. The number of carboxylic acids is 2. The second-order valence-electron chi connectivity index (χ2n) is 11.0. The molecule has 0 aliphatic carbocycles. The summed E-state index contributed by atoms with van der Waals surface area (Å²) in [6, 6.07) is -1.49. The molecule has 21 nitrogen and oxygen atoms in total. The summed E-state index contributed by atoms with van der Waals surface area (Å²) in [4.78, 5) is 36.3. The van der Waals surface area contributed by atoms with Gasteiger partial charge in [0.05, 0.1) is 32.0 Å². The Morgan fingerprint density at radius 1 is 0.822 bits per heavy atom. The van der Waals surface area contributed by atoms with E-state index in [1.165, 1.54) is 0 Å². The molecule has 0 aromatic rings. The predicted molar refractivity (Wildman–Crippen MR) is 135 cm³/mol. The highest BCUT2D eigenvalue weighted by molar-refractivity contribution is 5.77. The molecule has 0 radical (unpaired) electrons. The smallest absolute Gasteiger partial charge is 0.364 e. The molecule has 3 aliphatic heterocycles. The topological polar surface area (TPSA) is 352 Å². The van der Waals surface area contributed by atoms with E-state index in [4.69, 9.17) is 23.7 Å². The summed E-state index contributed by atoms with van der Waals surface area (Å²) in [5, 5.41) is 124. The van der Waals surface area contributed by atoms with Crippen molar-refractivity contribution < 1.29 is 99.3 Å². The summed E-state index contributed by atoms with van der Waals surface area (Å²) in [6.45, 7) is -2.12. The number of amides is 1. The lowest BCUT2D eigenvalue weighted by atomic mass is 9.90. The molecular weight excluding hydrogens is 622 g/mol. The molecule has 1 amide bonds. The van der Waals surface area contributed by atoms with Gasteiger partial charge in [0.15, 0.2) is 6.29 Å². The maximum absolute atomic E-state index is 12.6. The molecule has 0 bridgehead atoms. The van der Waals surface area contributed by atoms with Crippen LogP contribution in [0.2, 0.25) is 0 Å². The second-order valence-corrected chi connectivity index (χ2v) is 11.0. The van der Waals surface area contributed by atoms with Crippen molar-refractivity contribution in [2.24, 2.45) is 0 Å². The Labute approximate surface area is 253 Å². The van der Waals surface area contributed by atoms with E-state index in [9.17, 15) is 75.7 Å². The number of ether oxygens (including phenoxy) is 5. The van der Waals surface area contributed by atoms with Crippen LogP contribution in [0.3, 0.4) is 0 Å². The Kier molecular flexibility index (Phi) is 12.2. The van der Waals surface area contributed by atoms with Crippen molar-refractivity contribution >= 4 is 17.8 Å². The molecule has 21 heteroatoms. The molecule has 0 spiro atoms. The summed E-state index contributed by atoms with van der Waals surface area (Å²) >= 11 is 0. The van der Waals surface area contributed by atoms with Crippen LogP contribution in [0.25, 0.3) is 0 Å². The third kappa shape index (κ3) is 7.69. The first-order chi connectivity index (χ1) is 20.9.